The Morgan fingerprint density at radius 1 is 1.05 bits per heavy atom. The summed E-state index contributed by atoms with van der Waals surface area (Å²) in [5.41, 5.74) is 5.59. The molecule has 38 heavy (non-hydrogen) atoms. The van der Waals surface area contributed by atoms with Crippen molar-refractivity contribution in [1.82, 2.24) is 14.9 Å². The molecule has 194 valence electrons. The molecule has 1 saturated heterocycles. The molecule has 0 amide bonds. The normalized spacial score (nSPS) is 17.1. The maximum absolute atomic E-state index is 12.0. The zero-order valence-corrected chi connectivity index (χ0v) is 22.6. The third-order valence-electron chi connectivity index (χ3n) is 6.75. The van der Waals surface area contributed by atoms with Gasteiger partial charge in [0.25, 0.3) is 0 Å². The van der Waals surface area contributed by atoms with Crippen molar-refractivity contribution in [3.8, 4) is 11.4 Å². The Bertz CT molecular complexity index is 1480. The van der Waals surface area contributed by atoms with Crippen molar-refractivity contribution in [3.05, 3.63) is 107 Å². The molecule has 8 heteroatoms. The van der Waals surface area contributed by atoms with E-state index < -0.39 is 5.97 Å². The first-order valence-corrected chi connectivity index (χ1v) is 13.0. The summed E-state index contributed by atoms with van der Waals surface area (Å²) in [7, 11) is 0. The minimum Gasteiger partial charge on any atom is -0.491 e. The van der Waals surface area contributed by atoms with Crippen LogP contribution in [0.5, 0.6) is 5.75 Å². The molecule has 1 fully saturated rings. The number of aromatic nitrogens is 2. The third kappa shape index (κ3) is 4.63. The number of thiocarbonyl (C=S) groups is 1. The van der Waals surface area contributed by atoms with Gasteiger partial charge in [-0.25, -0.2) is 4.79 Å². The molecular formula is C30H30N4O3S. The fraction of sp³-hybridized carbons (Fsp3) is 0.233. The number of aryl methyl sites for hydroxylation is 1. The molecule has 3 heterocycles. The Morgan fingerprint density at radius 3 is 2.42 bits per heavy atom. The molecule has 1 aliphatic heterocycles. The summed E-state index contributed by atoms with van der Waals surface area (Å²) in [5, 5.41) is 13.9. The van der Waals surface area contributed by atoms with Crippen molar-refractivity contribution in [2.45, 2.75) is 45.9 Å². The van der Waals surface area contributed by atoms with Gasteiger partial charge in [0.05, 0.1) is 35.1 Å². The van der Waals surface area contributed by atoms with Crippen molar-refractivity contribution < 1.29 is 14.6 Å². The third-order valence-corrected chi connectivity index (χ3v) is 7.06. The molecule has 1 aliphatic rings. The number of rotatable bonds is 7. The molecule has 2 aromatic carbocycles. The highest BCUT2D eigenvalue weighted by molar-refractivity contribution is 7.80. The minimum atomic E-state index is -0.963. The number of ether oxygens (including phenoxy) is 1. The van der Waals surface area contributed by atoms with Crippen LogP contribution in [0.15, 0.2) is 79.0 Å². The van der Waals surface area contributed by atoms with Crippen LogP contribution in [0, 0.1) is 13.8 Å². The van der Waals surface area contributed by atoms with E-state index in [1.54, 1.807) is 18.3 Å². The molecule has 0 aliphatic carbocycles. The zero-order chi connectivity index (χ0) is 27.0. The summed E-state index contributed by atoms with van der Waals surface area (Å²) in [6, 6.07) is 22.6. The number of aromatic carboxylic acids is 1. The van der Waals surface area contributed by atoms with E-state index in [1.165, 1.54) is 0 Å². The van der Waals surface area contributed by atoms with E-state index in [0.29, 0.717) is 10.8 Å². The van der Waals surface area contributed by atoms with E-state index in [4.69, 9.17) is 17.0 Å². The molecule has 0 radical (unpaired) electrons. The Hall–Kier alpha value is -4.17. The quantitative estimate of drug-likeness (QED) is 0.280. The molecule has 0 unspecified atom stereocenters. The van der Waals surface area contributed by atoms with E-state index in [0.717, 1.165) is 34.1 Å². The van der Waals surface area contributed by atoms with Crippen LogP contribution in [0.4, 0.5) is 5.69 Å². The van der Waals surface area contributed by atoms with Gasteiger partial charge in [-0.15, -0.1) is 0 Å². The summed E-state index contributed by atoms with van der Waals surface area (Å²) >= 11 is 5.88. The van der Waals surface area contributed by atoms with E-state index in [1.807, 2.05) is 86.9 Å². The molecule has 0 bridgehead atoms. The topological polar surface area (TPSA) is 79.6 Å². The lowest BCUT2D eigenvalue weighted by Crippen LogP contribution is -2.29. The van der Waals surface area contributed by atoms with Crippen LogP contribution >= 0.6 is 12.2 Å². The number of benzene rings is 2. The second kappa shape index (κ2) is 10.3. The number of para-hydroxylation sites is 1. The average molecular weight is 527 g/mol. The smallest absolute Gasteiger partial charge is 0.337 e. The van der Waals surface area contributed by atoms with Gasteiger partial charge in [0.2, 0.25) is 0 Å². The number of hydrogen-bond acceptors (Lipinski definition) is 4. The summed E-state index contributed by atoms with van der Waals surface area (Å²) in [6.07, 6.45) is 1.86. The maximum atomic E-state index is 12.0. The monoisotopic (exact) mass is 526 g/mol. The first-order chi connectivity index (χ1) is 18.3. The first-order valence-electron chi connectivity index (χ1n) is 12.5. The second-order valence-electron chi connectivity index (χ2n) is 9.64. The Kier molecular flexibility index (Phi) is 6.91. The van der Waals surface area contributed by atoms with Crippen molar-refractivity contribution in [1.29, 1.82) is 0 Å². The molecule has 2 aromatic heterocycles. The lowest BCUT2D eigenvalue weighted by molar-refractivity contribution is 0.0697. The number of pyridine rings is 1. The summed E-state index contributed by atoms with van der Waals surface area (Å²) in [5.74, 6) is -0.168. The number of nitrogens with zero attached hydrogens (tertiary/aromatic N) is 3. The molecule has 0 spiro atoms. The van der Waals surface area contributed by atoms with Gasteiger partial charge < -0.3 is 24.6 Å². The number of anilines is 1. The van der Waals surface area contributed by atoms with Gasteiger partial charge in [0.1, 0.15) is 5.75 Å². The highest BCUT2D eigenvalue weighted by Crippen LogP contribution is 2.44. The van der Waals surface area contributed by atoms with Gasteiger partial charge >= 0.3 is 5.97 Å². The Morgan fingerprint density at radius 2 is 1.76 bits per heavy atom. The molecular weight excluding hydrogens is 496 g/mol. The van der Waals surface area contributed by atoms with Crippen LogP contribution in [0.2, 0.25) is 0 Å². The van der Waals surface area contributed by atoms with Crippen LogP contribution in [-0.4, -0.2) is 31.8 Å². The Labute approximate surface area is 227 Å². The second-order valence-corrected chi connectivity index (χ2v) is 10.0. The van der Waals surface area contributed by atoms with Crippen molar-refractivity contribution in [2.75, 3.05) is 4.90 Å². The zero-order valence-electron chi connectivity index (χ0n) is 21.8. The Balaban J connectivity index is 1.65. The highest BCUT2D eigenvalue weighted by atomic mass is 32.1. The van der Waals surface area contributed by atoms with E-state index in [-0.39, 0.29) is 23.8 Å². The number of carboxylic acids is 1. The minimum absolute atomic E-state index is 0.0794. The standard InChI is InChI=1S/C30H30N4O3S/c1-18(2)37-22-14-12-21(13-15-22)34-28(27(32-30(34)38)25-10-7-8-16-31-25)24-17-19(3)33(20(24)4)26-11-6-5-9-23(26)29(35)36/h5-18,27-28H,1-4H3,(H,32,38)(H,35,36)/t27-,28+/m0/s1. The van der Waals surface area contributed by atoms with Crippen LogP contribution < -0.4 is 15.0 Å². The average Bonchev–Trinajstić information content (AvgIpc) is 3.39. The summed E-state index contributed by atoms with van der Waals surface area (Å²) < 4.78 is 7.86. The largest absolute Gasteiger partial charge is 0.491 e. The molecule has 4 aromatic rings. The van der Waals surface area contributed by atoms with Crippen molar-refractivity contribution >= 4 is 29.0 Å². The predicted octanol–water partition coefficient (Wildman–Crippen LogP) is 6.15. The van der Waals surface area contributed by atoms with E-state index in [2.05, 4.69) is 21.3 Å². The highest BCUT2D eigenvalue weighted by Gasteiger charge is 2.42. The first kappa shape index (κ1) is 25.5. The van der Waals surface area contributed by atoms with Crippen molar-refractivity contribution in [3.63, 3.8) is 0 Å². The molecule has 7 nitrogen and oxygen atoms in total. The van der Waals surface area contributed by atoms with Gasteiger partial charge in [-0.2, -0.15) is 0 Å². The van der Waals surface area contributed by atoms with E-state index >= 15 is 0 Å². The number of nitrogens with one attached hydrogen (secondary N) is 1. The van der Waals surface area contributed by atoms with Gasteiger partial charge in [-0.3, -0.25) is 4.98 Å². The lowest BCUT2D eigenvalue weighted by Gasteiger charge is -2.28. The summed E-state index contributed by atoms with van der Waals surface area (Å²) in [6.45, 7) is 8.02. The number of hydrogen-bond donors (Lipinski definition) is 2. The van der Waals surface area contributed by atoms with Crippen LogP contribution in [-0.2, 0) is 0 Å². The van der Waals surface area contributed by atoms with Crippen molar-refractivity contribution in [2.24, 2.45) is 0 Å². The van der Waals surface area contributed by atoms with E-state index in [9.17, 15) is 9.90 Å². The SMILES string of the molecule is Cc1cc([C@@H]2[C@H](c3ccccn3)NC(=S)N2c2ccc(OC(C)C)cc2)c(C)n1-c1ccccc1C(=O)O. The van der Waals surface area contributed by atoms with Crippen LogP contribution in [0.25, 0.3) is 5.69 Å². The van der Waals surface area contributed by atoms with Gasteiger partial charge in [0.15, 0.2) is 5.11 Å². The fourth-order valence-electron chi connectivity index (χ4n) is 5.21. The summed E-state index contributed by atoms with van der Waals surface area (Å²) in [4.78, 5) is 18.8. The molecule has 2 atom stereocenters. The molecule has 2 N–H and O–H groups in total. The van der Waals surface area contributed by atoms with Crippen LogP contribution in [0.1, 0.15) is 58.9 Å². The van der Waals surface area contributed by atoms with Gasteiger partial charge in [0, 0.05) is 23.3 Å². The molecule has 0 saturated carbocycles. The number of carbonyl (C=O) groups is 1. The van der Waals surface area contributed by atoms with Gasteiger partial charge in [-0.1, -0.05) is 18.2 Å². The predicted molar refractivity (Wildman–Crippen MR) is 152 cm³/mol. The molecule has 5 rings (SSSR count). The lowest BCUT2D eigenvalue weighted by atomic mass is 9.96. The van der Waals surface area contributed by atoms with Gasteiger partial charge in [-0.05, 0) is 100 Å². The fourth-order valence-corrected chi connectivity index (χ4v) is 5.56. The maximum Gasteiger partial charge on any atom is 0.337 e. The number of carboxylic acid groups (broad SMARTS) is 1. The van der Waals surface area contributed by atoms with Crippen LogP contribution in [0.3, 0.4) is 0 Å².